The van der Waals surface area contributed by atoms with Gasteiger partial charge in [-0.3, -0.25) is 0 Å². The van der Waals surface area contributed by atoms with E-state index in [1.807, 2.05) is 6.92 Å². The average Bonchev–Trinajstić information content (AvgIpc) is 3.20. The fourth-order valence-corrected chi connectivity index (χ4v) is 3.58. The van der Waals surface area contributed by atoms with Crippen LogP contribution in [0.3, 0.4) is 0 Å². The van der Waals surface area contributed by atoms with Gasteiger partial charge in [0.25, 0.3) is 0 Å². The van der Waals surface area contributed by atoms with Crippen LogP contribution < -0.4 is 0 Å². The lowest BCUT2D eigenvalue weighted by atomic mass is 10.0. The molecule has 0 amide bonds. The quantitative estimate of drug-likeness (QED) is 0.358. The zero-order valence-corrected chi connectivity index (χ0v) is 20.5. The topological polar surface area (TPSA) is 66.6 Å². The Morgan fingerprint density at radius 1 is 1.00 bits per heavy atom. The van der Waals surface area contributed by atoms with E-state index in [2.05, 4.69) is 73.5 Å². The van der Waals surface area contributed by atoms with Gasteiger partial charge in [0, 0.05) is 23.4 Å². The van der Waals surface area contributed by atoms with Crippen molar-refractivity contribution in [1.82, 2.24) is 9.88 Å². The summed E-state index contributed by atoms with van der Waals surface area (Å²) in [4.78, 5) is 17.3. The summed E-state index contributed by atoms with van der Waals surface area (Å²) in [5.74, 6) is -1.12. The van der Waals surface area contributed by atoms with Crippen molar-refractivity contribution in [1.29, 1.82) is 0 Å². The van der Waals surface area contributed by atoms with Crippen molar-refractivity contribution >= 4 is 17.7 Å². The van der Waals surface area contributed by atoms with E-state index < -0.39 is 12.1 Å². The molecular formula is C25H29F3N2O3S. The Morgan fingerprint density at radius 3 is 1.91 bits per heavy atom. The zero-order chi connectivity index (χ0) is 25.3. The van der Waals surface area contributed by atoms with Gasteiger partial charge in [-0.05, 0) is 61.7 Å². The molecule has 3 aromatic rings. The number of nitrogens with zero attached hydrogens (tertiary/aromatic N) is 2. The molecule has 2 aromatic carbocycles. The number of hydrogen-bond donors (Lipinski definition) is 1. The van der Waals surface area contributed by atoms with Gasteiger partial charge in [-0.2, -0.15) is 13.2 Å². The molecule has 0 unspecified atom stereocenters. The molecule has 0 aliphatic heterocycles. The number of aromatic nitrogens is 1. The van der Waals surface area contributed by atoms with Crippen molar-refractivity contribution in [3.8, 4) is 22.6 Å². The van der Waals surface area contributed by atoms with Crippen LogP contribution in [0.1, 0.15) is 25.3 Å². The van der Waals surface area contributed by atoms with E-state index in [0.717, 1.165) is 43.1 Å². The number of hydrogen-bond acceptors (Lipinski definition) is 5. The van der Waals surface area contributed by atoms with Crippen molar-refractivity contribution in [3.63, 3.8) is 0 Å². The Balaban J connectivity index is 0.000000509. The second-order valence-corrected chi connectivity index (χ2v) is 8.29. The number of thioether (sulfide) groups is 1. The van der Waals surface area contributed by atoms with Gasteiger partial charge in [-0.25, -0.2) is 9.78 Å². The minimum atomic E-state index is -5.08. The van der Waals surface area contributed by atoms with Crippen LogP contribution in [0.2, 0.25) is 0 Å². The number of rotatable bonds is 8. The molecule has 0 bridgehead atoms. The molecule has 1 aromatic heterocycles. The molecule has 0 fully saturated rings. The molecule has 0 atom stereocenters. The zero-order valence-electron chi connectivity index (χ0n) is 19.6. The number of aryl methyl sites for hydroxylation is 1. The van der Waals surface area contributed by atoms with E-state index in [0.29, 0.717) is 5.89 Å². The minimum Gasteiger partial charge on any atom is -0.475 e. The molecule has 0 radical (unpaired) electrons. The molecule has 0 aliphatic rings. The maximum absolute atomic E-state index is 10.6. The molecule has 1 heterocycles. The third-order valence-corrected chi connectivity index (χ3v) is 5.99. The van der Waals surface area contributed by atoms with E-state index >= 15 is 0 Å². The lowest BCUT2D eigenvalue weighted by Crippen LogP contribution is -2.25. The van der Waals surface area contributed by atoms with E-state index in [4.69, 9.17) is 19.3 Å². The van der Waals surface area contributed by atoms with Gasteiger partial charge in [0.1, 0.15) is 5.76 Å². The third-order valence-electron chi connectivity index (χ3n) is 5.25. The highest BCUT2D eigenvalue weighted by atomic mass is 32.2. The normalized spacial score (nSPS) is 11.3. The first-order valence-electron chi connectivity index (χ1n) is 10.8. The SMILES string of the molecule is CCN(CC)CCc1nc(-c2ccc(-c3ccc(SC)cc3)cc2)oc1C.O=C(O)C(F)(F)F. The maximum atomic E-state index is 10.6. The number of benzene rings is 2. The van der Waals surface area contributed by atoms with Crippen molar-refractivity contribution < 1.29 is 27.5 Å². The van der Waals surface area contributed by atoms with Crippen molar-refractivity contribution in [2.45, 2.75) is 38.3 Å². The van der Waals surface area contributed by atoms with Gasteiger partial charge >= 0.3 is 12.1 Å². The first kappa shape index (κ1) is 27.5. The first-order chi connectivity index (χ1) is 16.1. The molecule has 0 saturated carbocycles. The summed E-state index contributed by atoms with van der Waals surface area (Å²) in [5, 5.41) is 7.12. The molecule has 0 spiro atoms. The highest BCUT2D eigenvalue weighted by molar-refractivity contribution is 7.98. The second-order valence-electron chi connectivity index (χ2n) is 7.41. The summed E-state index contributed by atoms with van der Waals surface area (Å²) < 4.78 is 37.7. The summed E-state index contributed by atoms with van der Waals surface area (Å²) in [6.07, 6.45) is -2.06. The van der Waals surface area contributed by atoms with Crippen LogP contribution in [-0.4, -0.2) is 53.0 Å². The summed E-state index contributed by atoms with van der Waals surface area (Å²) in [6.45, 7) is 9.56. The van der Waals surface area contributed by atoms with Crippen LogP contribution in [0.15, 0.2) is 57.8 Å². The Morgan fingerprint density at radius 2 is 1.47 bits per heavy atom. The van der Waals surface area contributed by atoms with Crippen LogP contribution in [0.5, 0.6) is 0 Å². The maximum Gasteiger partial charge on any atom is 0.490 e. The molecule has 34 heavy (non-hydrogen) atoms. The smallest absolute Gasteiger partial charge is 0.475 e. The minimum absolute atomic E-state index is 0.714. The number of carboxylic acids is 1. The standard InChI is InChI=1S/C23H28N2OS.C2HF3O2/c1-5-25(6-2)16-15-22-17(3)26-23(24-22)20-9-7-18(8-10-20)19-11-13-21(27-4)14-12-19;3-2(4,5)1(6)7/h7-14H,5-6,15-16H2,1-4H3;(H,6,7). The number of likely N-dealkylation sites (N-methyl/N-ethyl adjacent to an activating group) is 1. The molecule has 5 nitrogen and oxygen atoms in total. The lowest BCUT2D eigenvalue weighted by molar-refractivity contribution is -0.192. The summed E-state index contributed by atoms with van der Waals surface area (Å²) in [5.41, 5.74) is 4.52. The van der Waals surface area contributed by atoms with Gasteiger partial charge in [-0.15, -0.1) is 11.8 Å². The molecule has 0 saturated heterocycles. The van der Waals surface area contributed by atoms with Crippen LogP contribution >= 0.6 is 11.8 Å². The largest absolute Gasteiger partial charge is 0.490 e. The number of alkyl halides is 3. The van der Waals surface area contributed by atoms with E-state index in [-0.39, 0.29) is 0 Å². The van der Waals surface area contributed by atoms with Crippen molar-refractivity contribution in [2.75, 3.05) is 25.9 Å². The van der Waals surface area contributed by atoms with Gasteiger partial charge in [0.05, 0.1) is 5.69 Å². The summed E-state index contributed by atoms with van der Waals surface area (Å²) >= 11 is 1.76. The fourth-order valence-electron chi connectivity index (χ4n) is 3.18. The van der Waals surface area contributed by atoms with Crippen LogP contribution in [0, 0.1) is 6.92 Å². The predicted octanol–water partition coefficient (Wildman–Crippen LogP) is 6.56. The molecule has 3 rings (SSSR count). The summed E-state index contributed by atoms with van der Waals surface area (Å²) in [7, 11) is 0. The van der Waals surface area contributed by atoms with Gasteiger partial charge in [0.2, 0.25) is 5.89 Å². The number of carbonyl (C=O) groups is 1. The van der Waals surface area contributed by atoms with E-state index in [1.165, 1.54) is 16.0 Å². The number of halogens is 3. The summed E-state index contributed by atoms with van der Waals surface area (Å²) in [6, 6.07) is 17.1. The van der Waals surface area contributed by atoms with Gasteiger partial charge in [0.15, 0.2) is 0 Å². The van der Waals surface area contributed by atoms with E-state index in [9.17, 15) is 13.2 Å². The third kappa shape index (κ3) is 7.92. The van der Waals surface area contributed by atoms with Gasteiger partial charge < -0.3 is 14.4 Å². The second kappa shape index (κ2) is 12.6. The van der Waals surface area contributed by atoms with Crippen LogP contribution in [-0.2, 0) is 11.2 Å². The van der Waals surface area contributed by atoms with E-state index in [1.54, 1.807) is 11.8 Å². The molecule has 1 N–H and O–H groups in total. The molecule has 0 aliphatic carbocycles. The fraction of sp³-hybridized carbons (Fsp3) is 0.360. The molecule has 9 heteroatoms. The molecular weight excluding hydrogens is 465 g/mol. The van der Waals surface area contributed by atoms with Crippen LogP contribution in [0.25, 0.3) is 22.6 Å². The monoisotopic (exact) mass is 494 g/mol. The molecule has 184 valence electrons. The Kier molecular flexibility index (Phi) is 10.2. The average molecular weight is 495 g/mol. The Labute approximate surface area is 202 Å². The number of carboxylic acid groups (broad SMARTS) is 1. The first-order valence-corrected chi connectivity index (χ1v) is 12.0. The Hall–Kier alpha value is -2.78. The lowest BCUT2D eigenvalue weighted by Gasteiger charge is -2.16. The Bertz CT molecular complexity index is 1040. The van der Waals surface area contributed by atoms with Crippen molar-refractivity contribution in [3.05, 3.63) is 60.0 Å². The highest BCUT2D eigenvalue weighted by Gasteiger charge is 2.38. The van der Waals surface area contributed by atoms with Crippen molar-refractivity contribution in [2.24, 2.45) is 0 Å². The number of aliphatic carboxylic acids is 1. The predicted molar refractivity (Wildman–Crippen MR) is 129 cm³/mol. The number of oxazole rings is 1. The van der Waals surface area contributed by atoms with Crippen LogP contribution in [0.4, 0.5) is 13.2 Å². The highest BCUT2D eigenvalue weighted by Crippen LogP contribution is 2.27. The van der Waals surface area contributed by atoms with Gasteiger partial charge in [-0.1, -0.05) is 38.1 Å².